The largest absolute Gasteiger partial charge is 0.274 e. The molecule has 2 aromatic carbocycles. The number of benzene rings is 2. The van der Waals surface area contributed by atoms with Crippen molar-refractivity contribution >= 4 is 35.0 Å². The minimum absolute atomic E-state index is 0.0978. The first-order valence-corrected chi connectivity index (χ1v) is 10.8. The molecule has 1 unspecified atom stereocenters. The van der Waals surface area contributed by atoms with Crippen molar-refractivity contribution in [3.8, 4) is 0 Å². The van der Waals surface area contributed by atoms with E-state index in [4.69, 9.17) is 0 Å². The number of carbonyl (C=O) groups is 4. The molecule has 162 valence electrons. The number of nitrogens with zero attached hydrogens (tertiary/aromatic N) is 2. The maximum atomic E-state index is 12.2. The predicted molar refractivity (Wildman–Crippen MR) is 120 cm³/mol. The van der Waals surface area contributed by atoms with Gasteiger partial charge in [-0.1, -0.05) is 39.0 Å². The fourth-order valence-corrected chi connectivity index (χ4v) is 5.55. The molecular weight excluding hydrogens is 404 g/mol. The van der Waals surface area contributed by atoms with E-state index in [1.54, 1.807) is 0 Å². The molecule has 6 heteroatoms. The van der Waals surface area contributed by atoms with E-state index in [1.807, 2.05) is 42.5 Å². The summed E-state index contributed by atoms with van der Waals surface area (Å²) in [5.41, 5.74) is 4.03. The molecule has 1 fully saturated rings. The molecule has 4 amide bonds. The summed E-state index contributed by atoms with van der Waals surface area (Å²) >= 11 is 0. The molecule has 2 aromatic rings. The van der Waals surface area contributed by atoms with Crippen LogP contribution in [0.25, 0.3) is 0 Å². The number of amides is 4. The number of fused-ring (bicyclic) bond motifs is 1. The van der Waals surface area contributed by atoms with E-state index in [0.717, 1.165) is 17.5 Å². The van der Waals surface area contributed by atoms with E-state index in [-0.39, 0.29) is 47.3 Å². The highest BCUT2D eigenvalue weighted by atomic mass is 16.2. The van der Waals surface area contributed by atoms with E-state index in [0.29, 0.717) is 11.4 Å². The van der Waals surface area contributed by atoms with E-state index in [1.165, 1.54) is 27.5 Å². The van der Waals surface area contributed by atoms with Gasteiger partial charge in [0.2, 0.25) is 11.8 Å². The smallest absolute Gasteiger partial charge is 0.258 e. The van der Waals surface area contributed by atoms with Gasteiger partial charge in [-0.15, -0.1) is 0 Å². The molecule has 0 bridgehead atoms. The second-order valence-corrected chi connectivity index (χ2v) is 9.64. The van der Waals surface area contributed by atoms with E-state index in [2.05, 4.69) is 20.8 Å². The number of carbonyl (C=O) groups excluding carboxylic acids is 4. The lowest BCUT2D eigenvalue weighted by molar-refractivity contribution is -0.122. The molecule has 0 spiro atoms. The van der Waals surface area contributed by atoms with Gasteiger partial charge in [0.1, 0.15) is 0 Å². The molecule has 1 atom stereocenters. The maximum Gasteiger partial charge on any atom is 0.258 e. The SMILES string of the molecule is CC1(C)CC(C)(c2ccc(N3C(=O)CCC3=O)cc2)c2cc(N3C(=O)C=CC3=O)ccc21. The van der Waals surface area contributed by atoms with E-state index in [9.17, 15) is 19.2 Å². The lowest BCUT2D eigenvalue weighted by atomic mass is 9.75. The molecule has 0 radical (unpaired) electrons. The van der Waals surface area contributed by atoms with Crippen molar-refractivity contribution in [2.75, 3.05) is 9.80 Å². The third-order valence-corrected chi connectivity index (χ3v) is 7.00. The molecule has 5 rings (SSSR count). The fourth-order valence-electron chi connectivity index (χ4n) is 5.55. The summed E-state index contributed by atoms with van der Waals surface area (Å²) in [4.78, 5) is 51.1. The van der Waals surface area contributed by atoms with Crippen LogP contribution in [0, 0.1) is 0 Å². The van der Waals surface area contributed by atoms with Gasteiger partial charge in [-0.2, -0.15) is 0 Å². The van der Waals surface area contributed by atoms with Crippen molar-refractivity contribution in [1.29, 1.82) is 0 Å². The van der Waals surface area contributed by atoms with Crippen molar-refractivity contribution < 1.29 is 19.2 Å². The van der Waals surface area contributed by atoms with Gasteiger partial charge >= 0.3 is 0 Å². The first kappa shape index (κ1) is 20.4. The second-order valence-electron chi connectivity index (χ2n) is 9.64. The Morgan fingerprint density at radius 1 is 0.688 bits per heavy atom. The van der Waals surface area contributed by atoms with Crippen LogP contribution in [0.3, 0.4) is 0 Å². The number of hydrogen-bond donors (Lipinski definition) is 0. The van der Waals surface area contributed by atoms with Crippen molar-refractivity contribution in [3.63, 3.8) is 0 Å². The topological polar surface area (TPSA) is 74.8 Å². The Morgan fingerprint density at radius 2 is 1.25 bits per heavy atom. The molecule has 0 aromatic heterocycles. The highest BCUT2D eigenvalue weighted by Gasteiger charge is 2.46. The first-order valence-electron chi connectivity index (χ1n) is 10.8. The van der Waals surface area contributed by atoms with Gasteiger partial charge < -0.3 is 0 Å². The molecule has 0 saturated carbocycles. The third kappa shape index (κ3) is 2.86. The summed E-state index contributed by atoms with van der Waals surface area (Å²) < 4.78 is 0. The zero-order valence-electron chi connectivity index (χ0n) is 18.3. The molecule has 1 saturated heterocycles. The van der Waals surface area contributed by atoms with Crippen LogP contribution in [0.15, 0.2) is 54.6 Å². The Morgan fingerprint density at radius 3 is 1.84 bits per heavy atom. The molecule has 32 heavy (non-hydrogen) atoms. The van der Waals surface area contributed by atoms with Crippen LogP contribution < -0.4 is 9.80 Å². The van der Waals surface area contributed by atoms with Gasteiger partial charge in [0.05, 0.1) is 11.4 Å². The van der Waals surface area contributed by atoms with Crippen LogP contribution in [-0.4, -0.2) is 23.6 Å². The van der Waals surface area contributed by atoms with E-state index < -0.39 is 0 Å². The van der Waals surface area contributed by atoms with Gasteiger partial charge in [0, 0.05) is 30.4 Å². The zero-order valence-corrected chi connectivity index (χ0v) is 18.3. The summed E-state index contributed by atoms with van der Waals surface area (Å²) in [6, 6.07) is 13.4. The third-order valence-electron chi connectivity index (χ3n) is 7.00. The average Bonchev–Trinajstić information content (AvgIpc) is 3.34. The molecule has 3 aliphatic rings. The standard InChI is InChI=1S/C26H24N2O4/c1-25(2)15-26(3,16-4-6-17(7-5-16)27-21(29)10-11-22(27)30)20-14-18(8-9-19(20)25)28-23(31)12-13-24(28)32/h4-9,12-14H,10-11,15H2,1-3H3. The van der Waals surface area contributed by atoms with Crippen LogP contribution in [-0.2, 0) is 30.0 Å². The zero-order chi connectivity index (χ0) is 22.8. The number of imide groups is 2. The average molecular weight is 428 g/mol. The van der Waals surface area contributed by atoms with Gasteiger partial charge in [-0.3, -0.25) is 24.1 Å². The summed E-state index contributed by atoms with van der Waals surface area (Å²) in [6.45, 7) is 6.55. The monoisotopic (exact) mass is 428 g/mol. The summed E-state index contributed by atoms with van der Waals surface area (Å²) in [6.07, 6.45) is 3.94. The Kier molecular flexibility index (Phi) is 4.28. The van der Waals surface area contributed by atoms with Crippen molar-refractivity contribution in [3.05, 3.63) is 71.3 Å². The van der Waals surface area contributed by atoms with Gasteiger partial charge in [-0.25, -0.2) is 4.90 Å². The fraction of sp³-hybridized carbons (Fsp3) is 0.308. The Labute approximate surface area is 186 Å². The lowest BCUT2D eigenvalue weighted by Crippen LogP contribution is -2.30. The molecule has 2 heterocycles. The van der Waals surface area contributed by atoms with Crippen molar-refractivity contribution in [1.82, 2.24) is 0 Å². The highest BCUT2D eigenvalue weighted by Crippen LogP contribution is 2.53. The van der Waals surface area contributed by atoms with Crippen LogP contribution in [0.5, 0.6) is 0 Å². The van der Waals surface area contributed by atoms with Crippen LogP contribution in [0.2, 0.25) is 0 Å². The van der Waals surface area contributed by atoms with Crippen LogP contribution >= 0.6 is 0 Å². The van der Waals surface area contributed by atoms with Crippen LogP contribution in [0.4, 0.5) is 11.4 Å². The van der Waals surface area contributed by atoms with Gasteiger partial charge in [0.15, 0.2) is 0 Å². The Balaban J connectivity index is 1.56. The summed E-state index contributed by atoms with van der Waals surface area (Å²) in [5, 5.41) is 0. The number of anilines is 2. The quantitative estimate of drug-likeness (QED) is 0.698. The minimum atomic E-state index is -0.356. The Hall–Kier alpha value is -3.54. The van der Waals surface area contributed by atoms with Crippen LogP contribution in [0.1, 0.15) is 56.7 Å². The Bertz CT molecular complexity index is 1190. The summed E-state index contributed by atoms with van der Waals surface area (Å²) in [5.74, 6) is -1.00. The van der Waals surface area contributed by atoms with Gasteiger partial charge in [-0.05, 0) is 52.8 Å². The molecule has 1 aliphatic carbocycles. The highest BCUT2D eigenvalue weighted by molar-refractivity contribution is 6.28. The molecule has 2 aliphatic heterocycles. The number of hydrogen-bond acceptors (Lipinski definition) is 4. The van der Waals surface area contributed by atoms with Crippen molar-refractivity contribution in [2.24, 2.45) is 0 Å². The summed E-state index contributed by atoms with van der Waals surface area (Å²) in [7, 11) is 0. The molecule has 6 nitrogen and oxygen atoms in total. The molecule has 0 N–H and O–H groups in total. The van der Waals surface area contributed by atoms with Crippen molar-refractivity contribution in [2.45, 2.75) is 50.9 Å². The van der Waals surface area contributed by atoms with Gasteiger partial charge in [0.25, 0.3) is 11.8 Å². The number of rotatable bonds is 3. The van der Waals surface area contributed by atoms with E-state index >= 15 is 0 Å². The first-order chi connectivity index (χ1) is 15.1. The normalized spacial score (nSPS) is 24.1. The minimum Gasteiger partial charge on any atom is -0.274 e. The lowest BCUT2D eigenvalue weighted by Gasteiger charge is -2.29. The molecular formula is C26H24N2O4. The predicted octanol–water partition coefficient (Wildman–Crippen LogP) is 3.76. The second kappa shape index (κ2) is 6.73. The maximum absolute atomic E-state index is 12.2.